The monoisotopic (exact) mass is 333 g/mol. The summed E-state index contributed by atoms with van der Waals surface area (Å²) in [6.07, 6.45) is 0.543. The first kappa shape index (κ1) is 14.7. The van der Waals surface area contributed by atoms with Gasteiger partial charge in [-0.25, -0.2) is 4.98 Å². The number of aryl methyl sites for hydroxylation is 1. The van der Waals surface area contributed by atoms with Gasteiger partial charge in [0.1, 0.15) is 5.82 Å². The summed E-state index contributed by atoms with van der Waals surface area (Å²) >= 11 is 0. The van der Waals surface area contributed by atoms with Crippen LogP contribution in [0.3, 0.4) is 0 Å². The molecule has 2 aromatic carbocycles. The topological polar surface area (TPSA) is 47.4 Å². The molecule has 0 atom stereocenters. The Labute approximate surface area is 145 Å². The molecule has 0 aliphatic carbocycles. The van der Waals surface area contributed by atoms with Crippen molar-refractivity contribution in [3.63, 3.8) is 0 Å². The Balaban J connectivity index is 1.57. The van der Waals surface area contributed by atoms with Gasteiger partial charge >= 0.3 is 0 Å². The molecule has 2 aliphatic rings. The minimum absolute atomic E-state index is 0.215. The predicted molar refractivity (Wildman–Crippen MR) is 97.1 cm³/mol. The minimum Gasteiger partial charge on any atom is -0.378 e. The summed E-state index contributed by atoms with van der Waals surface area (Å²) in [4.78, 5) is 19.3. The van der Waals surface area contributed by atoms with E-state index in [0.717, 1.165) is 54.3 Å². The average Bonchev–Trinajstić information content (AvgIpc) is 3.05. The fourth-order valence-corrected chi connectivity index (χ4v) is 3.84. The van der Waals surface area contributed by atoms with Crippen molar-refractivity contribution < 1.29 is 9.53 Å². The van der Waals surface area contributed by atoms with Gasteiger partial charge in [0.25, 0.3) is 0 Å². The number of hydrogen-bond donors (Lipinski definition) is 0. The summed E-state index contributed by atoms with van der Waals surface area (Å²) in [6, 6.07) is 14.4. The number of morpholine rings is 1. The Morgan fingerprint density at radius 1 is 0.960 bits per heavy atom. The van der Waals surface area contributed by atoms with Crippen LogP contribution in [0.15, 0.2) is 42.5 Å². The number of rotatable bonds is 2. The maximum atomic E-state index is 12.2. The normalized spacial score (nSPS) is 17.3. The molecule has 5 rings (SSSR count). The fourth-order valence-electron chi connectivity index (χ4n) is 3.84. The van der Waals surface area contributed by atoms with E-state index in [1.165, 1.54) is 5.69 Å². The van der Waals surface area contributed by atoms with Crippen molar-refractivity contribution in [1.82, 2.24) is 9.55 Å². The number of benzene rings is 2. The highest BCUT2D eigenvalue weighted by Crippen LogP contribution is 2.32. The second-order valence-corrected chi connectivity index (χ2v) is 6.58. The van der Waals surface area contributed by atoms with Crippen molar-refractivity contribution in [2.45, 2.75) is 13.0 Å². The standard InChI is InChI=1S/C20H19N3O2/c24-18-8-9-23-19-16(18)2-1-3-17(19)21-20(23)14-4-6-15(7-5-14)22-10-12-25-13-11-22/h1-7H,8-13H2. The third kappa shape index (κ3) is 2.35. The summed E-state index contributed by atoms with van der Waals surface area (Å²) in [5.41, 5.74) is 4.99. The number of Topliss-reactive ketones (excluding diaryl/α,β-unsaturated/α-hetero) is 1. The van der Waals surface area contributed by atoms with Crippen LogP contribution in [0.25, 0.3) is 22.4 Å². The molecule has 25 heavy (non-hydrogen) atoms. The van der Waals surface area contributed by atoms with Gasteiger partial charge in [0.05, 0.1) is 24.2 Å². The van der Waals surface area contributed by atoms with Crippen LogP contribution in [0, 0.1) is 0 Å². The first-order chi connectivity index (χ1) is 12.3. The van der Waals surface area contributed by atoms with Gasteiger partial charge in [-0.05, 0) is 36.4 Å². The number of aromatic nitrogens is 2. The van der Waals surface area contributed by atoms with Crippen molar-refractivity contribution in [3.8, 4) is 11.4 Å². The highest BCUT2D eigenvalue weighted by Gasteiger charge is 2.23. The van der Waals surface area contributed by atoms with E-state index in [-0.39, 0.29) is 5.78 Å². The molecule has 0 bridgehead atoms. The number of nitrogens with zero attached hydrogens (tertiary/aromatic N) is 3. The molecule has 1 fully saturated rings. The third-order valence-corrected chi connectivity index (χ3v) is 5.13. The van der Waals surface area contributed by atoms with Crippen molar-refractivity contribution in [2.24, 2.45) is 0 Å². The average molecular weight is 333 g/mol. The lowest BCUT2D eigenvalue weighted by Crippen LogP contribution is -2.36. The number of ether oxygens (including phenoxy) is 1. The molecule has 0 N–H and O–H groups in total. The smallest absolute Gasteiger partial charge is 0.166 e. The SMILES string of the molecule is O=C1CCn2c(-c3ccc(N4CCOCC4)cc3)nc3cccc1c32. The Hall–Kier alpha value is -2.66. The van der Waals surface area contributed by atoms with Crippen LogP contribution in [-0.4, -0.2) is 41.6 Å². The third-order valence-electron chi connectivity index (χ3n) is 5.13. The molecule has 0 saturated carbocycles. The second kappa shape index (κ2) is 5.70. The summed E-state index contributed by atoms with van der Waals surface area (Å²) in [5, 5.41) is 0. The van der Waals surface area contributed by atoms with Gasteiger partial charge in [-0.15, -0.1) is 0 Å². The minimum atomic E-state index is 0.215. The quantitative estimate of drug-likeness (QED) is 0.723. The van der Waals surface area contributed by atoms with Crippen LogP contribution < -0.4 is 4.90 Å². The molecule has 5 heteroatoms. The van der Waals surface area contributed by atoms with E-state index >= 15 is 0 Å². The zero-order valence-corrected chi connectivity index (χ0v) is 13.9. The van der Waals surface area contributed by atoms with Crippen molar-refractivity contribution in [2.75, 3.05) is 31.2 Å². The predicted octanol–water partition coefficient (Wildman–Crippen LogP) is 3.13. The molecule has 3 heterocycles. The number of anilines is 1. The first-order valence-electron chi connectivity index (χ1n) is 8.77. The second-order valence-electron chi connectivity index (χ2n) is 6.58. The van der Waals surface area contributed by atoms with E-state index in [4.69, 9.17) is 9.72 Å². The largest absolute Gasteiger partial charge is 0.378 e. The molecule has 0 spiro atoms. The van der Waals surface area contributed by atoms with Crippen LogP contribution >= 0.6 is 0 Å². The number of ketones is 1. The zero-order chi connectivity index (χ0) is 16.8. The van der Waals surface area contributed by atoms with E-state index in [1.54, 1.807) is 0 Å². The molecule has 2 aliphatic heterocycles. The molecule has 0 radical (unpaired) electrons. The van der Waals surface area contributed by atoms with E-state index in [2.05, 4.69) is 33.7 Å². The molecule has 126 valence electrons. The number of imidazole rings is 1. The van der Waals surface area contributed by atoms with Gasteiger partial charge in [-0.3, -0.25) is 4.79 Å². The molecule has 1 saturated heterocycles. The highest BCUT2D eigenvalue weighted by atomic mass is 16.5. The van der Waals surface area contributed by atoms with Gasteiger partial charge in [-0.2, -0.15) is 0 Å². The summed E-state index contributed by atoms with van der Waals surface area (Å²) in [5.74, 6) is 1.16. The van der Waals surface area contributed by atoms with E-state index < -0.39 is 0 Å². The van der Waals surface area contributed by atoms with E-state index in [0.29, 0.717) is 13.0 Å². The zero-order valence-electron chi connectivity index (χ0n) is 13.9. The van der Waals surface area contributed by atoms with Gasteiger partial charge in [0.2, 0.25) is 0 Å². The van der Waals surface area contributed by atoms with Crippen molar-refractivity contribution in [1.29, 1.82) is 0 Å². The van der Waals surface area contributed by atoms with Crippen molar-refractivity contribution in [3.05, 3.63) is 48.0 Å². The van der Waals surface area contributed by atoms with Crippen LogP contribution in [0.5, 0.6) is 0 Å². The molecule has 0 amide bonds. The van der Waals surface area contributed by atoms with Gasteiger partial charge in [0, 0.05) is 42.9 Å². The first-order valence-corrected chi connectivity index (χ1v) is 8.77. The summed E-state index contributed by atoms with van der Waals surface area (Å²) in [6.45, 7) is 4.14. The number of carbonyl (C=O) groups excluding carboxylic acids is 1. The fraction of sp³-hybridized carbons (Fsp3) is 0.300. The van der Waals surface area contributed by atoms with Crippen molar-refractivity contribution >= 4 is 22.5 Å². The van der Waals surface area contributed by atoms with Gasteiger partial charge in [0.15, 0.2) is 5.78 Å². The maximum Gasteiger partial charge on any atom is 0.166 e. The van der Waals surface area contributed by atoms with Gasteiger partial charge < -0.3 is 14.2 Å². The Bertz CT molecular complexity index is 953. The van der Waals surface area contributed by atoms with Crippen LogP contribution in [0.2, 0.25) is 0 Å². The molecular formula is C20H19N3O2. The lowest BCUT2D eigenvalue weighted by Gasteiger charge is -2.28. The molecule has 1 aromatic heterocycles. The van der Waals surface area contributed by atoms with Crippen LogP contribution in [0.1, 0.15) is 16.8 Å². The van der Waals surface area contributed by atoms with Gasteiger partial charge in [-0.1, -0.05) is 6.07 Å². The Morgan fingerprint density at radius 3 is 2.56 bits per heavy atom. The molecular weight excluding hydrogens is 314 g/mol. The number of hydrogen-bond acceptors (Lipinski definition) is 4. The molecule has 5 nitrogen and oxygen atoms in total. The highest BCUT2D eigenvalue weighted by molar-refractivity contribution is 6.08. The maximum absolute atomic E-state index is 12.2. The summed E-state index contributed by atoms with van der Waals surface area (Å²) in [7, 11) is 0. The lowest BCUT2D eigenvalue weighted by molar-refractivity contribution is 0.0973. The molecule has 3 aromatic rings. The Morgan fingerprint density at radius 2 is 1.76 bits per heavy atom. The number of para-hydroxylation sites is 1. The Kier molecular flexibility index (Phi) is 3.35. The lowest BCUT2D eigenvalue weighted by atomic mass is 10.0. The van der Waals surface area contributed by atoms with Crippen LogP contribution in [-0.2, 0) is 11.3 Å². The van der Waals surface area contributed by atoms with Crippen LogP contribution in [0.4, 0.5) is 5.69 Å². The van der Waals surface area contributed by atoms with E-state index in [9.17, 15) is 4.79 Å². The van der Waals surface area contributed by atoms with E-state index in [1.807, 2.05) is 18.2 Å². The molecule has 0 unspecified atom stereocenters. The summed E-state index contributed by atoms with van der Waals surface area (Å²) < 4.78 is 7.61. The number of carbonyl (C=O) groups is 1.